The van der Waals surface area contributed by atoms with Crippen molar-refractivity contribution in [3.63, 3.8) is 0 Å². The van der Waals surface area contributed by atoms with Crippen LogP contribution in [0.25, 0.3) is 0 Å². The van der Waals surface area contributed by atoms with Crippen LogP contribution in [0.2, 0.25) is 0 Å². The molecule has 0 spiro atoms. The number of ether oxygens (including phenoxy) is 1. The molecule has 26 heavy (non-hydrogen) atoms. The zero-order valence-corrected chi connectivity index (χ0v) is 16.0. The summed E-state index contributed by atoms with van der Waals surface area (Å²) in [5.74, 6) is 1.01. The minimum absolute atomic E-state index is 0.140. The summed E-state index contributed by atoms with van der Waals surface area (Å²) in [5, 5.41) is 11.3. The van der Waals surface area contributed by atoms with Gasteiger partial charge in [-0.25, -0.2) is 0 Å². The molecule has 1 N–H and O–H groups in total. The zero-order chi connectivity index (χ0) is 18.4. The summed E-state index contributed by atoms with van der Waals surface area (Å²) in [7, 11) is 4.16. The summed E-state index contributed by atoms with van der Waals surface area (Å²) in [4.78, 5) is 2.18. The molecule has 0 unspecified atom stereocenters. The molecule has 1 saturated carbocycles. The maximum Gasteiger partial charge on any atom is 0.119 e. The van der Waals surface area contributed by atoms with E-state index in [0.29, 0.717) is 6.61 Å². The van der Waals surface area contributed by atoms with Crippen LogP contribution in [0.1, 0.15) is 49.1 Å². The van der Waals surface area contributed by atoms with E-state index in [1.165, 1.54) is 17.5 Å². The van der Waals surface area contributed by atoms with Crippen molar-refractivity contribution in [3.05, 3.63) is 65.7 Å². The Hall–Kier alpha value is -1.84. The van der Waals surface area contributed by atoms with E-state index in [2.05, 4.69) is 43.3 Å². The van der Waals surface area contributed by atoms with Gasteiger partial charge in [0.2, 0.25) is 0 Å². The Labute approximate surface area is 157 Å². The van der Waals surface area contributed by atoms with Gasteiger partial charge in [0.05, 0.1) is 5.60 Å². The second-order valence-electron chi connectivity index (χ2n) is 7.82. The van der Waals surface area contributed by atoms with Crippen LogP contribution in [0.3, 0.4) is 0 Å². The molecule has 1 fully saturated rings. The van der Waals surface area contributed by atoms with Crippen LogP contribution in [-0.4, -0.2) is 36.2 Å². The van der Waals surface area contributed by atoms with Gasteiger partial charge in [-0.3, -0.25) is 0 Å². The standard InChI is InChI=1S/C23H31NO2/c1-24(2)17-22(23(25)15-7-4-8-16-23)20-11-13-21(14-12-20)26-18-19-9-5-3-6-10-19/h3,5-6,9-14,22,25H,4,7-8,15-18H2,1-2H3/t22-/m1/s1. The van der Waals surface area contributed by atoms with E-state index in [-0.39, 0.29) is 5.92 Å². The van der Waals surface area contributed by atoms with Crippen molar-refractivity contribution in [2.75, 3.05) is 20.6 Å². The molecule has 0 radical (unpaired) electrons. The van der Waals surface area contributed by atoms with Crippen molar-refractivity contribution in [1.29, 1.82) is 0 Å². The molecule has 0 aliphatic heterocycles. The van der Waals surface area contributed by atoms with Gasteiger partial charge in [0.15, 0.2) is 0 Å². The monoisotopic (exact) mass is 353 g/mol. The maximum absolute atomic E-state index is 11.3. The lowest BCUT2D eigenvalue weighted by Crippen LogP contribution is -2.42. The average molecular weight is 354 g/mol. The Morgan fingerprint density at radius 3 is 2.23 bits per heavy atom. The number of benzene rings is 2. The van der Waals surface area contributed by atoms with Crippen LogP contribution in [0.5, 0.6) is 5.75 Å². The number of hydrogen-bond donors (Lipinski definition) is 1. The van der Waals surface area contributed by atoms with Gasteiger partial charge in [-0.1, -0.05) is 61.7 Å². The van der Waals surface area contributed by atoms with Gasteiger partial charge >= 0.3 is 0 Å². The molecule has 1 aliphatic carbocycles. The highest BCUT2D eigenvalue weighted by Gasteiger charge is 2.38. The first kappa shape index (κ1) is 18.9. The fourth-order valence-electron chi connectivity index (χ4n) is 4.00. The predicted octanol–water partition coefficient (Wildman–Crippen LogP) is 4.61. The molecule has 0 amide bonds. The van der Waals surface area contributed by atoms with E-state index >= 15 is 0 Å². The van der Waals surface area contributed by atoms with Crippen LogP contribution in [0.4, 0.5) is 0 Å². The van der Waals surface area contributed by atoms with Crippen LogP contribution >= 0.6 is 0 Å². The highest BCUT2D eigenvalue weighted by Crippen LogP contribution is 2.40. The van der Waals surface area contributed by atoms with Crippen molar-refractivity contribution in [2.45, 2.75) is 50.2 Å². The molecule has 0 aromatic heterocycles. The summed E-state index contributed by atoms with van der Waals surface area (Å²) in [6.45, 7) is 1.44. The van der Waals surface area contributed by atoms with Crippen LogP contribution in [0.15, 0.2) is 54.6 Å². The van der Waals surface area contributed by atoms with E-state index in [1.54, 1.807) is 0 Å². The second-order valence-corrected chi connectivity index (χ2v) is 7.82. The Kier molecular flexibility index (Phi) is 6.33. The summed E-state index contributed by atoms with van der Waals surface area (Å²) in [6, 6.07) is 18.5. The predicted molar refractivity (Wildman–Crippen MR) is 107 cm³/mol. The molecular weight excluding hydrogens is 322 g/mol. The van der Waals surface area contributed by atoms with E-state index in [4.69, 9.17) is 4.74 Å². The van der Waals surface area contributed by atoms with Gasteiger partial charge in [0, 0.05) is 12.5 Å². The van der Waals surface area contributed by atoms with Crippen LogP contribution in [0, 0.1) is 0 Å². The molecular formula is C23H31NO2. The Morgan fingerprint density at radius 2 is 1.62 bits per heavy atom. The van der Waals surface area contributed by atoms with Crippen LogP contribution in [-0.2, 0) is 6.61 Å². The molecule has 3 nitrogen and oxygen atoms in total. The third-order valence-electron chi connectivity index (χ3n) is 5.45. The Balaban J connectivity index is 1.71. The van der Waals surface area contributed by atoms with E-state index < -0.39 is 5.60 Å². The Morgan fingerprint density at radius 1 is 0.962 bits per heavy atom. The van der Waals surface area contributed by atoms with Gasteiger partial charge in [0.1, 0.15) is 12.4 Å². The number of rotatable bonds is 7. The number of hydrogen-bond acceptors (Lipinski definition) is 3. The largest absolute Gasteiger partial charge is 0.489 e. The smallest absolute Gasteiger partial charge is 0.119 e. The number of aliphatic hydroxyl groups is 1. The van der Waals surface area contributed by atoms with Crippen molar-refractivity contribution >= 4 is 0 Å². The van der Waals surface area contributed by atoms with Crippen molar-refractivity contribution in [2.24, 2.45) is 0 Å². The van der Waals surface area contributed by atoms with Gasteiger partial charge in [-0.15, -0.1) is 0 Å². The van der Waals surface area contributed by atoms with Crippen molar-refractivity contribution in [3.8, 4) is 5.75 Å². The second kappa shape index (κ2) is 8.70. The van der Waals surface area contributed by atoms with Gasteiger partial charge < -0.3 is 14.7 Å². The van der Waals surface area contributed by atoms with Crippen LogP contribution < -0.4 is 4.74 Å². The normalized spacial score (nSPS) is 17.8. The number of likely N-dealkylation sites (N-methyl/N-ethyl adjacent to an activating group) is 1. The molecule has 1 aliphatic rings. The Bertz CT molecular complexity index is 660. The minimum Gasteiger partial charge on any atom is -0.489 e. The zero-order valence-electron chi connectivity index (χ0n) is 16.0. The van der Waals surface area contributed by atoms with E-state index in [9.17, 15) is 5.11 Å². The lowest BCUT2D eigenvalue weighted by Gasteiger charge is -2.40. The summed E-state index contributed by atoms with van der Waals surface area (Å²) in [6.07, 6.45) is 5.29. The fraction of sp³-hybridized carbons (Fsp3) is 0.478. The lowest BCUT2D eigenvalue weighted by molar-refractivity contribution is -0.0277. The summed E-state index contributed by atoms with van der Waals surface area (Å²) in [5.41, 5.74) is 1.78. The summed E-state index contributed by atoms with van der Waals surface area (Å²) < 4.78 is 5.91. The maximum atomic E-state index is 11.3. The van der Waals surface area contributed by atoms with Gasteiger partial charge in [-0.2, -0.15) is 0 Å². The highest BCUT2D eigenvalue weighted by atomic mass is 16.5. The van der Waals surface area contributed by atoms with Crippen molar-refractivity contribution in [1.82, 2.24) is 4.90 Å². The molecule has 1 atom stereocenters. The third kappa shape index (κ3) is 4.87. The first-order chi connectivity index (χ1) is 12.6. The minimum atomic E-state index is -0.588. The molecule has 2 aromatic rings. The van der Waals surface area contributed by atoms with Gasteiger partial charge in [-0.05, 0) is 50.2 Å². The fourth-order valence-corrected chi connectivity index (χ4v) is 4.00. The molecule has 140 valence electrons. The molecule has 3 heteroatoms. The van der Waals surface area contributed by atoms with E-state index in [1.807, 2.05) is 30.3 Å². The number of nitrogens with zero attached hydrogens (tertiary/aromatic N) is 1. The molecule has 3 rings (SSSR count). The summed E-state index contributed by atoms with van der Waals surface area (Å²) >= 11 is 0. The van der Waals surface area contributed by atoms with Crippen molar-refractivity contribution < 1.29 is 9.84 Å². The van der Waals surface area contributed by atoms with E-state index in [0.717, 1.165) is 38.0 Å². The topological polar surface area (TPSA) is 32.7 Å². The molecule has 2 aromatic carbocycles. The first-order valence-electron chi connectivity index (χ1n) is 9.71. The highest BCUT2D eigenvalue weighted by molar-refractivity contribution is 5.32. The molecule has 0 bridgehead atoms. The molecule has 0 heterocycles. The quantitative estimate of drug-likeness (QED) is 0.789. The lowest BCUT2D eigenvalue weighted by atomic mass is 9.72. The third-order valence-corrected chi connectivity index (χ3v) is 5.45. The SMILES string of the molecule is CN(C)C[C@H](c1ccc(OCc2ccccc2)cc1)C1(O)CCCCC1. The van der Waals surface area contributed by atoms with Gasteiger partial charge in [0.25, 0.3) is 0 Å². The average Bonchev–Trinajstić information content (AvgIpc) is 2.66. The first-order valence-corrected chi connectivity index (χ1v) is 9.71. The molecule has 0 saturated heterocycles.